The number of nitrogens with zero attached hydrogens (tertiary/aromatic N) is 1. The molecule has 27 heavy (non-hydrogen) atoms. The standard InChI is InChI=1S/C21H19NO5/c1-24-18-4-12-11(9-23)3-13-15-6-20-21(27-10-26-20)7-17(15)22-8-16(13)14(12)5-19(18)25-2/h4-8,11,23H,3,9-10H2,1-2H3. The summed E-state index contributed by atoms with van der Waals surface area (Å²) < 4.78 is 22.0. The maximum absolute atomic E-state index is 10.0. The Balaban J connectivity index is 1.79. The normalized spacial score (nSPS) is 16.8. The lowest BCUT2D eigenvalue weighted by molar-refractivity contribution is 0.174. The van der Waals surface area contributed by atoms with Crippen LogP contribution in [0.2, 0.25) is 0 Å². The molecule has 2 aromatic carbocycles. The van der Waals surface area contributed by atoms with E-state index in [0.29, 0.717) is 17.9 Å². The zero-order valence-electron chi connectivity index (χ0n) is 15.1. The highest BCUT2D eigenvalue weighted by atomic mass is 16.7. The fraction of sp³-hybridized carbons (Fsp3) is 0.286. The number of methoxy groups -OCH3 is 2. The SMILES string of the molecule is COc1cc2c(cc1OC)C(CO)Cc1c-2cnc2cc3c(cc12)OCO3. The molecule has 0 radical (unpaired) electrons. The Bertz CT molecular complexity index is 1060. The highest BCUT2D eigenvalue weighted by molar-refractivity contribution is 5.93. The third-order valence-electron chi connectivity index (χ3n) is 5.43. The lowest BCUT2D eigenvalue weighted by Gasteiger charge is -2.28. The lowest BCUT2D eigenvalue weighted by atomic mass is 9.78. The van der Waals surface area contributed by atoms with E-state index in [1.807, 2.05) is 30.5 Å². The zero-order valence-corrected chi connectivity index (χ0v) is 15.1. The molecule has 0 saturated carbocycles. The summed E-state index contributed by atoms with van der Waals surface area (Å²) in [7, 11) is 3.24. The van der Waals surface area contributed by atoms with Crippen molar-refractivity contribution < 1.29 is 24.1 Å². The molecule has 0 spiro atoms. The molecule has 138 valence electrons. The highest BCUT2D eigenvalue weighted by Crippen LogP contribution is 2.47. The van der Waals surface area contributed by atoms with Crippen molar-refractivity contribution in [2.45, 2.75) is 12.3 Å². The van der Waals surface area contributed by atoms with Crippen LogP contribution in [-0.4, -0.2) is 37.7 Å². The Morgan fingerprint density at radius 3 is 2.52 bits per heavy atom. The third kappa shape index (κ3) is 2.33. The Kier molecular flexibility index (Phi) is 3.62. The molecule has 1 aliphatic carbocycles. The minimum Gasteiger partial charge on any atom is -0.493 e. The van der Waals surface area contributed by atoms with Gasteiger partial charge in [-0.1, -0.05) is 0 Å². The van der Waals surface area contributed by atoms with Gasteiger partial charge in [-0.25, -0.2) is 0 Å². The van der Waals surface area contributed by atoms with Crippen molar-refractivity contribution >= 4 is 10.9 Å². The van der Waals surface area contributed by atoms with Gasteiger partial charge < -0.3 is 24.1 Å². The molecule has 6 nitrogen and oxygen atoms in total. The maximum Gasteiger partial charge on any atom is 0.231 e. The van der Waals surface area contributed by atoms with Crippen molar-refractivity contribution in [1.82, 2.24) is 4.98 Å². The predicted octanol–water partition coefficient (Wildman–Crippen LogP) is 3.28. The van der Waals surface area contributed by atoms with Crippen molar-refractivity contribution in [2.75, 3.05) is 27.6 Å². The monoisotopic (exact) mass is 365 g/mol. The van der Waals surface area contributed by atoms with Crippen LogP contribution in [0.5, 0.6) is 23.0 Å². The maximum atomic E-state index is 10.0. The molecule has 6 heteroatoms. The number of aliphatic hydroxyl groups is 1. The molecule has 2 aliphatic rings. The molecule has 1 aromatic heterocycles. The van der Waals surface area contributed by atoms with Crippen LogP contribution < -0.4 is 18.9 Å². The molecular weight excluding hydrogens is 346 g/mol. The number of hydrogen-bond donors (Lipinski definition) is 1. The summed E-state index contributed by atoms with van der Waals surface area (Å²) >= 11 is 0. The molecule has 1 aliphatic heterocycles. The second-order valence-corrected chi connectivity index (χ2v) is 6.75. The van der Waals surface area contributed by atoms with Gasteiger partial charge in [0.15, 0.2) is 23.0 Å². The lowest BCUT2D eigenvalue weighted by Crippen LogP contribution is -2.16. The smallest absolute Gasteiger partial charge is 0.231 e. The number of aromatic nitrogens is 1. The summed E-state index contributed by atoms with van der Waals surface area (Å²) in [5, 5.41) is 11.1. The number of rotatable bonds is 3. The summed E-state index contributed by atoms with van der Waals surface area (Å²) in [5.74, 6) is 2.75. The van der Waals surface area contributed by atoms with Crippen LogP contribution in [0.1, 0.15) is 17.0 Å². The van der Waals surface area contributed by atoms with E-state index in [-0.39, 0.29) is 19.3 Å². The van der Waals surface area contributed by atoms with Gasteiger partial charge in [0.2, 0.25) is 6.79 Å². The fourth-order valence-corrected chi connectivity index (χ4v) is 4.07. The number of fused-ring (bicyclic) bond motifs is 6. The van der Waals surface area contributed by atoms with Crippen molar-refractivity contribution in [3.05, 3.63) is 41.6 Å². The highest BCUT2D eigenvalue weighted by Gasteiger charge is 2.29. The van der Waals surface area contributed by atoms with Gasteiger partial charge >= 0.3 is 0 Å². The van der Waals surface area contributed by atoms with Crippen LogP contribution in [0.25, 0.3) is 22.0 Å². The molecular formula is C21H19NO5. The molecule has 5 rings (SSSR count). The molecule has 3 aromatic rings. The van der Waals surface area contributed by atoms with Gasteiger partial charge in [-0.2, -0.15) is 0 Å². The van der Waals surface area contributed by atoms with E-state index in [1.165, 1.54) is 0 Å². The summed E-state index contributed by atoms with van der Waals surface area (Å²) in [6.45, 7) is 0.281. The Labute approximate surface area is 156 Å². The Morgan fingerprint density at radius 1 is 1.04 bits per heavy atom. The first kappa shape index (κ1) is 16.2. The first-order valence-corrected chi connectivity index (χ1v) is 8.82. The first-order chi connectivity index (χ1) is 13.2. The third-order valence-corrected chi connectivity index (χ3v) is 5.43. The van der Waals surface area contributed by atoms with Gasteiger partial charge in [0.1, 0.15) is 0 Å². The largest absolute Gasteiger partial charge is 0.493 e. The zero-order chi connectivity index (χ0) is 18.5. The van der Waals surface area contributed by atoms with E-state index in [2.05, 4.69) is 4.98 Å². The molecule has 1 N–H and O–H groups in total. The van der Waals surface area contributed by atoms with E-state index in [9.17, 15) is 5.11 Å². The van der Waals surface area contributed by atoms with Gasteiger partial charge in [0, 0.05) is 29.1 Å². The molecule has 0 saturated heterocycles. The van der Waals surface area contributed by atoms with E-state index in [1.54, 1.807) is 14.2 Å². The fourth-order valence-electron chi connectivity index (χ4n) is 4.07. The average molecular weight is 365 g/mol. The van der Waals surface area contributed by atoms with Crippen LogP contribution in [0.3, 0.4) is 0 Å². The number of benzene rings is 2. The van der Waals surface area contributed by atoms with Gasteiger partial charge in [0.05, 0.1) is 26.3 Å². The number of hydrogen-bond acceptors (Lipinski definition) is 6. The molecule has 0 amide bonds. The second-order valence-electron chi connectivity index (χ2n) is 6.75. The summed E-state index contributed by atoms with van der Waals surface area (Å²) in [6, 6.07) is 7.83. The van der Waals surface area contributed by atoms with Gasteiger partial charge in [-0.3, -0.25) is 4.98 Å². The molecule has 1 atom stereocenters. The van der Waals surface area contributed by atoms with E-state index >= 15 is 0 Å². The Morgan fingerprint density at radius 2 is 1.78 bits per heavy atom. The van der Waals surface area contributed by atoms with E-state index in [4.69, 9.17) is 18.9 Å². The summed E-state index contributed by atoms with van der Waals surface area (Å²) in [4.78, 5) is 4.65. The Hall–Kier alpha value is -2.99. The molecule has 0 bridgehead atoms. The van der Waals surface area contributed by atoms with Crippen molar-refractivity contribution in [2.24, 2.45) is 0 Å². The van der Waals surface area contributed by atoms with Crippen molar-refractivity contribution in [3.63, 3.8) is 0 Å². The second kappa shape index (κ2) is 6.03. The topological polar surface area (TPSA) is 70.0 Å². The van der Waals surface area contributed by atoms with Crippen LogP contribution in [0.4, 0.5) is 0 Å². The quantitative estimate of drug-likeness (QED) is 0.768. The summed E-state index contributed by atoms with van der Waals surface area (Å²) in [5.41, 5.74) is 5.11. The number of pyridine rings is 1. The van der Waals surface area contributed by atoms with Gasteiger partial charge in [-0.05, 0) is 41.3 Å². The van der Waals surface area contributed by atoms with Crippen molar-refractivity contribution in [3.8, 4) is 34.1 Å². The molecule has 1 unspecified atom stereocenters. The molecule has 2 heterocycles. The molecule has 0 fully saturated rings. The van der Waals surface area contributed by atoms with Crippen molar-refractivity contribution in [1.29, 1.82) is 0 Å². The van der Waals surface area contributed by atoms with Crippen LogP contribution in [-0.2, 0) is 6.42 Å². The van der Waals surface area contributed by atoms with Gasteiger partial charge in [-0.15, -0.1) is 0 Å². The van der Waals surface area contributed by atoms with E-state index in [0.717, 1.165) is 44.7 Å². The van der Waals surface area contributed by atoms with Crippen LogP contribution >= 0.6 is 0 Å². The number of ether oxygens (including phenoxy) is 4. The minimum absolute atomic E-state index is 0.0247. The van der Waals surface area contributed by atoms with Crippen LogP contribution in [0, 0.1) is 0 Å². The predicted molar refractivity (Wildman–Crippen MR) is 99.9 cm³/mol. The number of aliphatic hydroxyl groups excluding tert-OH is 1. The first-order valence-electron chi connectivity index (χ1n) is 8.82. The average Bonchev–Trinajstić information content (AvgIpc) is 3.17. The van der Waals surface area contributed by atoms with Crippen LogP contribution in [0.15, 0.2) is 30.5 Å². The minimum atomic E-state index is -0.0247. The van der Waals surface area contributed by atoms with Gasteiger partial charge in [0.25, 0.3) is 0 Å². The summed E-state index contributed by atoms with van der Waals surface area (Å²) in [6.07, 6.45) is 2.60. The van der Waals surface area contributed by atoms with E-state index < -0.39 is 0 Å².